The van der Waals surface area contributed by atoms with Gasteiger partial charge in [-0.05, 0) is 62.0 Å². The molecule has 3 fully saturated rings. The summed E-state index contributed by atoms with van der Waals surface area (Å²) in [7, 11) is 0. The van der Waals surface area contributed by atoms with Crippen molar-refractivity contribution in [3.8, 4) is 5.75 Å². The number of hydrogen-bond acceptors (Lipinski definition) is 4. The molecule has 25 heavy (non-hydrogen) atoms. The summed E-state index contributed by atoms with van der Waals surface area (Å²) < 4.78 is 6.01. The van der Waals surface area contributed by atoms with Gasteiger partial charge in [0, 0.05) is 27.6 Å². The summed E-state index contributed by atoms with van der Waals surface area (Å²) >= 11 is 0. The summed E-state index contributed by atoms with van der Waals surface area (Å²) in [6.07, 6.45) is 4.54. The van der Waals surface area contributed by atoms with Gasteiger partial charge >= 0.3 is 0 Å². The van der Waals surface area contributed by atoms with Crippen LogP contribution >= 0.6 is 0 Å². The quantitative estimate of drug-likeness (QED) is 0.612. The van der Waals surface area contributed by atoms with Crippen molar-refractivity contribution in [3.63, 3.8) is 0 Å². The van der Waals surface area contributed by atoms with E-state index in [9.17, 15) is 9.90 Å². The lowest BCUT2D eigenvalue weighted by Gasteiger charge is -2.50. The molecule has 6 heteroatoms. The molecule has 0 saturated carbocycles. The van der Waals surface area contributed by atoms with E-state index < -0.39 is 5.60 Å². The maximum absolute atomic E-state index is 11.2. The van der Waals surface area contributed by atoms with Crippen LogP contribution in [0.2, 0.25) is 0 Å². The van der Waals surface area contributed by atoms with Gasteiger partial charge in [0.05, 0.1) is 0 Å². The Labute approximate surface area is 151 Å². The highest BCUT2D eigenvalue weighted by atomic mass is 16.5. The maximum atomic E-state index is 11.2. The zero-order chi connectivity index (χ0) is 17.2. The molecular formula is C19H26BN2O3. The van der Waals surface area contributed by atoms with Crippen LogP contribution in [0.4, 0.5) is 5.69 Å². The van der Waals surface area contributed by atoms with Crippen LogP contribution in [-0.4, -0.2) is 56.2 Å². The third kappa shape index (κ3) is 4.44. The molecule has 4 rings (SSSR count). The van der Waals surface area contributed by atoms with E-state index >= 15 is 0 Å². The van der Waals surface area contributed by atoms with Gasteiger partial charge in [-0.25, -0.2) is 0 Å². The van der Waals surface area contributed by atoms with Crippen molar-refractivity contribution in [2.75, 3.05) is 31.6 Å². The Balaban J connectivity index is 0.00000225. The van der Waals surface area contributed by atoms with Crippen molar-refractivity contribution in [2.24, 2.45) is 5.92 Å². The van der Waals surface area contributed by atoms with E-state index in [2.05, 4.69) is 16.8 Å². The number of ether oxygens (including phenoxy) is 1. The number of rotatable bonds is 6. The van der Waals surface area contributed by atoms with E-state index in [-0.39, 0.29) is 14.3 Å². The van der Waals surface area contributed by atoms with Crippen molar-refractivity contribution in [3.05, 3.63) is 36.4 Å². The Bertz CT molecular complexity index is 629. The Hall–Kier alpha value is -1.79. The summed E-state index contributed by atoms with van der Waals surface area (Å²) in [6, 6.07) is 5.58. The molecule has 1 atom stereocenters. The molecule has 0 aliphatic carbocycles. The van der Waals surface area contributed by atoms with E-state index in [1.807, 2.05) is 24.3 Å². The van der Waals surface area contributed by atoms with Gasteiger partial charge in [-0.2, -0.15) is 0 Å². The first-order valence-electron chi connectivity index (χ1n) is 8.59. The number of amides is 1. The van der Waals surface area contributed by atoms with Gasteiger partial charge in [-0.1, -0.05) is 6.08 Å². The van der Waals surface area contributed by atoms with E-state index in [4.69, 9.17) is 4.74 Å². The minimum absolute atomic E-state index is 0. The standard InChI is InChI=1S/C19H26N2O3.B/c1-3-4-15-11-17(20-14(2)22)5-6-18(15)24-13-19(23)12-21-9-7-16(19)8-10-21;/h3,5-6,11,16,23H,1,4,7-10,12-13H2,2H3,(H,20,22);. The first kappa shape index (κ1) is 19.5. The molecule has 1 unspecified atom stereocenters. The first-order valence-corrected chi connectivity index (χ1v) is 8.59. The monoisotopic (exact) mass is 341 g/mol. The molecule has 133 valence electrons. The largest absolute Gasteiger partial charge is 0.490 e. The van der Waals surface area contributed by atoms with Crippen LogP contribution in [0.5, 0.6) is 5.75 Å². The van der Waals surface area contributed by atoms with Crippen LogP contribution in [0.15, 0.2) is 30.9 Å². The van der Waals surface area contributed by atoms with Crippen LogP contribution in [0, 0.1) is 5.92 Å². The van der Waals surface area contributed by atoms with E-state index in [1.54, 1.807) is 0 Å². The lowest BCUT2D eigenvalue weighted by Crippen LogP contribution is -2.61. The number of benzene rings is 1. The summed E-state index contributed by atoms with van der Waals surface area (Å²) in [5.41, 5.74) is 0.938. The van der Waals surface area contributed by atoms with Gasteiger partial charge in [0.25, 0.3) is 0 Å². The van der Waals surface area contributed by atoms with Crippen molar-refractivity contribution in [1.82, 2.24) is 4.90 Å². The molecule has 3 aliphatic heterocycles. The predicted molar refractivity (Wildman–Crippen MR) is 100 cm³/mol. The lowest BCUT2D eigenvalue weighted by atomic mass is 9.76. The van der Waals surface area contributed by atoms with Gasteiger partial charge in [0.2, 0.25) is 5.91 Å². The van der Waals surface area contributed by atoms with Gasteiger partial charge in [0.15, 0.2) is 0 Å². The summed E-state index contributed by atoms with van der Waals surface area (Å²) in [5, 5.41) is 13.8. The molecule has 5 nitrogen and oxygen atoms in total. The van der Waals surface area contributed by atoms with Crippen molar-refractivity contribution in [1.29, 1.82) is 0 Å². The number of nitrogens with one attached hydrogen (secondary N) is 1. The molecule has 3 aliphatic rings. The molecule has 3 radical (unpaired) electrons. The average Bonchev–Trinajstić information content (AvgIpc) is 2.55. The second-order valence-electron chi connectivity index (χ2n) is 6.94. The number of anilines is 1. The van der Waals surface area contributed by atoms with E-state index in [0.717, 1.165) is 42.9 Å². The second-order valence-corrected chi connectivity index (χ2v) is 6.94. The number of hydrogen-bond donors (Lipinski definition) is 2. The number of piperidine rings is 3. The molecule has 1 amide bonds. The number of nitrogens with zero attached hydrogens (tertiary/aromatic N) is 1. The van der Waals surface area contributed by atoms with Crippen molar-refractivity contribution >= 4 is 20.0 Å². The zero-order valence-electron chi connectivity index (χ0n) is 14.8. The minimum atomic E-state index is -0.766. The summed E-state index contributed by atoms with van der Waals surface area (Å²) in [4.78, 5) is 13.5. The van der Waals surface area contributed by atoms with Gasteiger partial charge in [0.1, 0.15) is 18.0 Å². The highest BCUT2D eigenvalue weighted by molar-refractivity contribution is 5.88. The Morgan fingerprint density at radius 1 is 1.48 bits per heavy atom. The molecule has 3 heterocycles. The first-order chi connectivity index (χ1) is 11.5. The third-order valence-electron chi connectivity index (χ3n) is 5.07. The lowest BCUT2D eigenvalue weighted by molar-refractivity contribution is -0.131. The highest BCUT2D eigenvalue weighted by Gasteiger charge is 2.46. The number of aliphatic hydroxyl groups is 1. The van der Waals surface area contributed by atoms with Gasteiger partial charge < -0.3 is 20.1 Å². The van der Waals surface area contributed by atoms with Crippen LogP contribution in [0.25, 0.3) is 0 Å². The average molecular weight is 341 g/mol. The highest BCUT2D eigenvalue weighted by Crippen LogP contribution is 2.36. The fraction of sp³-hybridized carbons (Fsp3) is 0.526. The number of fused-ring (bicyclic) bond motifs is 3. The molecule has 2 bridgehead atoms. The minimum Gasteiger partial charge on any atom is -0.490 e. The number of allylic oxidation sites excluding steroid dienone is 1. The topological polar surface area (TPSA) is 61.8 Å². The predicted octanol–water partition coefficient (Wildman–Crippen LogP) is 1.83. The summed E-state index contributed by atoms with van der Waals surface area (Å²) in [6.45, 7) is 8.43. The fourth-order valence-corrected chi connectivity index (χ4v) is 3.83. The van der Waals surface area contributed by atoms with Crippen LogP contribution in [0.3, 0.4) is 0 Å². The molecule has 2 N–H and O–H groups in total. The molecular weight excluding hydrogens is 315 g/mol. The Morgan fingerprint density at radius 3 is 2.76 bits per heavy atom. The third-order valence-corrected chi connectivity index (χ3v) is 5.07. The Kier molecular flexibility index (Phi) is 6.30. The van der Waals surface area contributed by atoms with Crippen molar-refractivity contribution < 1.29 is 14.6 Å². The van der Waals surface area contributed by atoms with E-state index in [0.29, 0.717) is 25.5 Å². The van der Waals surface area contributed by atoms with Crippen LogP contribution in [0.1, 0.15) is 25.3 Å². The zero-order valence-corrected chi connectivity index (χ0v) is 14.8. The van der Waals surface area contributed by atoms with Crippen LogP contribution in [-0.2, 0) is 11.2 Å². The van der Waals surface area contributed by atoms with Gasteiger partial charge in [-0.3, -0.25) is 4.79 Å². The maximum Gasteiger partial charge on any atom is 0.221 e. The molecule has 0 aromatic heterocycles. The van der Waals surface area contributed by atoms with Crippen molar-refractivity contribution in [2.45, 2.75) is 31.8 Å². The number of carbonyl (C=O) groups is 1. The second kappa shape index (κ2) is 8.06. The molecule has 1 aromatic carbocycles. The molecule has 0 spiro atoms. The Morgan fingerprint density at radius 2 is 2.20 bits per heavy atom. The fourth-order valence-electron chi connectivity index (χ4n) is 3.83. The summed E-state index contributed by atoms with van der Waals surface area (Å²) in [5.74, 6) is 0.965. The normalized spacial score (nSPS) is 27.3. The van der Waals surface area contributed by atoms with Gasteiger partial charge in [-0.15, -0.1) is 6.58 Å². The molecule has 3 saturated heterocycles. The molecule has 1 aromatic rings. The smallest absolute Gasteiger partial charge is 0.221 e. The number of carbonyl (C=O) groups excluding carboxylic acids is 1. The van der Waals surface area contributed by atoms with E-state index in [1.165, 1.54) is 6.92 Å². The SMILES string of the molecule is C=CCc1cc(NC(C)=O)ccc1OCC1(O)CN2CCC1CC2.[B]. The van der Waals surface area contributed by atoms with Crippen LogP contribution < -0.4 is 10.1 Å².